The van der Waals surface area contributed by atoms with E-state index < -0.39 is 11.9 Å². The second-order valence-electron chi connectivity index (χ2n) is 3.65. The molecule has 0 aromatic heterocycles. The molecule has 37 heavy (non-hydrogen) atoms. The molecule has 0 heterocycles. The predicted octanol–water partition coefficient (Wildman–Crippen LogP) is -1.39. The molecule has 16 nitrogen and oxygen atoms in total. The van der Waals surface area contributed by atoms with Crippen LogP contribution in [0.5, 0.6) is 0 Å². The fourth-order valence-corrected chi connectivity index (χ4v) is 0. The van der Waals surface area contributed by atoms with E-state index in [1.807, 2.05) is 28.2 Å². The van der Waals surface area contributed by atoms with E-state index in [9.17, 15) is 9.59 Å². The first-order valence-corrected chi connectivity index (χ1v) is 9.07. The number of aliphatic carboxylic acids is 2. The number of nitrogens with one attached hydrogen (secondary N) is 4. The number of carboxylic acids is 2. The van der Waals surface area contributed by atoms with Crippen LogP contribution in [-0.4, -0.2) is 104 Å². The third-order valence-electron chi connectivity index (χ3n) is 0.704. The molecule has 2 radical (unpaired) electrons. The summed E-state index contributed by atoms with van der Waals surface area (Å²) in [4.78, 5) is 37.4. The van der Waals surface area contributed by atoms with Crippen LogP contribution in [-0.2, 0) is 56.3 Å². The Balaban J connectivity index is -0.0000000112. The van der Waals surface area contributed by atoms with Gasteiger partial charge in [-0.2, -0.15) is 0 Å². The third-order valence-corrected chi connectivity index (χ3v) is 0.704. The van der Waals surface area contributed by atoms with Crippen LogP contribution in [0.25, 0.3) is 0 Å². The number of amides is 2. The van der Waals surface area contributed by atoms with Gasteiger partial charge in [0.25, 0.3) is 11.9 Å². The molecular weight excluding hydrogens is 566 g/mol. The first-order chi connectivity index (χ1) is 14.8. The van der Waals surface area contributed by atoms with Crippen LogP contribution in [0, 0.1) is 0 Å². The molecule has 0 bridgehead atoms. The number of rotatable bonds is 0. The van der Waals surface area contributed by atoms with E-state index in [0.717, 1.165) is 13.8 Å². The van der Waals surface area contributed by atoms with Crippen molar-refractivity contribution < 1.29 is 66.5 Å². The zero-order valence-electron chi connectivity index (χ0n) is 25.1. The van der Waals surface area contributed by atoms with Crippen LogP contribution < -0.4 is 56.5 Å². The molecule has 2 amide bonds. The van der Waals surface area contributed by atoms with E-state index in [4.69, 9.17) is 19.8 Å². The Bertz CT molecular complexity index is 279. The van der Waals surface area contributed by atoms with E-state index >= 15 is 0 Å². The van der Waals surface area contributed by atoms with Crippen molar-refractivity contribution in [3.8, 4) is 0 Å². The summed E-state index contributed by atoms with van der Waals surface area (Å²) in [5.74, 6) is -1.66. The zero-order chi connectivity index (χ0) is 29.1. The average molecular weight is 633 g/mol. The topological polar surface area (TPSA) is 331 Å². The van der Waals surface area contributed by atoms with Crippen molar-refractivity contribution in [2.75, 3.05) is 70.5 Å². The Labute approximate surface area is 251 Å². The molecule has 0 aliphatic heterocycles. The number of hydrogen-bond donors (Lipinski definition) is 12. The van der Waals surface area contributed by atoms with Crippen molar-refractivity contribution in [3.05, 3.63) is 0 Å². The normalized spacial score (nSPS) is 4.81. The average Bonchev–Trinajstić information content (AvgIpc) is 2.74. The van der Waals surface area contributed by atoms with Crippen molar-refractivity contribution in [1.29, 1.82) is 0 Å². The van der Waals surface area contributed by atoms with Gasteiger partial charge in [-0.25, -0.2) is 0 Å². The van der Waals surface area contributed by atoms with Gasteiger partial charge < -0.3 is 66.7 Å². The molecule has 18 heteroatoms. The molecule has 20 N–H and O–H groups in total. The van der Waals surface area contributed by atoms with E-state index in [1.54, 1.807) is 14.1 Å². The molecule has 238 valence electrons. The Kier molecular flexibility index (Phi) is 494. The second kappa shape index (κ2) is 182. The maximum atomic E-state index is 9.70. The van der Waals surface area contributed by atoms with Crippen LogP contribution in [0.1, 0.15) is 35.1 Å². The summed E-state index contributed by atoms with van der Waals surface area (Å²) in [5, 5.41) is 25.1. The van der Waals surface area contributed by atoms with Gasteiger partial charge in [0.15, 0.2) is 0 Å². The number of nitrogens with two attached hydrogens (primary N) is 4. The molecule has 0 saturated heterocycles. The van der Waals surface area contributed by atoms with Crippen LogP contribution in [0.15, 0.2) is 0 Å². The monoisotopic (exact) mass is 632 g/mol. The molecule has 0 saturated carbocycles. The summed E-state index contributed by atoms with van der Waals surface area (Å²) in [7, 11) is 16.7. The second-order valence-corrected chi connectivity index (χ2v) is 3.65. The molecule has 0 atom stereocenters. The molecule has 0 spiro atoms. The van der Waals surface area contributed by atoms with E-state index in [1.165, 1.54) is 42.0 Å². The van der Waals surface area contributed by atoms with Gasteiger partial charge in [-0.05, 0) is 56.4 Å². The van der Waals surface area contributed by atoms with E-state index in [0.29, 0.717) is 0 Å². The van der Waals surface area contributed by atoms with Gasteiger partial charge in [0.05, 0.1) is 0 Å². The predicted molar refractivity (Wildman–Crippen MR) is 153 cm³/mol. The van der Waals surface area contributed by atoms with Gasteiger partial charge in [0.2, 0.25) is 11.8 Å². The number of carbonyl (C=O) groups is 4. The Hall–Kier alpha value is -1.27. The van der Waals surface area contributed by atoms with Crippen molar-refractivity contribution in [2.45, 2.75) is 35.1 Å². The van der Waals surface area contributed by atoms with Crippen LogP contribution in [0.3, 0.4) is 0 Å². The third kappa shape index (κ3) is 5000. The molecule has 0 rings (SSSR count). The summed E-state index contributed by atoms with van der Waals surface area (Å²) in [5.41, 5.74) is 18.0. The fraction of sp³-hybridized carbons (Fsp3) is 0.789. The minimum Gasteiger partial charge on any atom is -0.481 e. The number of carboxylic acid groups (broad SMARTS) is 2. The quantitative estimate of drug-likeness (QED) is 0.146. The molecule has 0 fully saturated rings. The Morgan fingerprint density at radius 3 is 0.514 bits per heavy atom. The molecule has 0 aromatic carbocycles. The van der Waals surface area contributed by atoms with Crippen LogP contribution in [0.4, 0.5) is 0 Å². The van der Waals surface area contributed by atoms with Crippen molar-refractivity contribution in [2.24, 2.45) is 22.9 Å². The Morgan fingerprint density at radius 2 is 0.514 bits per heavy atom. The number of hydrogen-bond acceptors (Lipinski definition) is 12. The number of carbonyl (C=O) groups excluding carboxylic acids is 2. The van der Waals surface area contributed by atoms with Gasteiger partial charge in [-0.3, -0.25) is 19.2 Å². The first kappa shape index (κ1) is 100. The maximum absolute atomic E-state index is 9.70. The molecular formula is C19H66N10O6V2. The van der Waals surface area contributed by atoms with Crippen molar-refractivity contribution in [1.82, 2.24) is 33.6 Å². The smallest absolute Gasteiger partial charge is 0.300 e. The van der Waals surface area contributed by atoms with E-state index in [-0.39, 0.29) is 68.7 Å². The fourth-order valence-electron chi connectivity index (χ4n) is 0. The Morgan fingerprint density at radius 1 is 0.486 bits per heavy atom. The van der Waals surface area contributed by atoms with Crippen molar-refractivity contribution in [3.63, 3.8) is 0 Å². The van der Waals surface area contributed by atoms with Crippen LogP contribution >= 0.6 is 0 Å². The minimum absolute atomic E-state index is 0. The van der Waals surface area contributed by atoms with Crippen LogP contribution in [0.2, 0.25) is 0 Å². The van der Waals surface area contributed by atoms with Gasteiger partial charge in [-0.1, -0.05) is 7.43 Å². The standard InChI is InChI=1S/2C3H7NO.2C2H7N.2C2H4O2.4CH5N.CH4.2H3N.2V/c2*1-3(5)4-2;2*1-3-2;2*1-2(3)4;4*1-2;;;;;/h2*1-2H3,(H,4,5);2*3H,1-2H3;2*1H3,(H,3,4);4*2H2,1H3;1H4;2*1H3;;. The molecule has 0 aromatic rings. The summed E-state index contributed by atoms with van der Waals surface area (Å²) in [6.45, 7) is 5.11. The molecule has 0 aliphatic carbocycles. The first-order valence-electron chi connectivity index (χ1n) is 9.07. The van der Waals surface area contributed by atoms with Gasteiger partial charge in [0, 0.05) is 78.9 Å². The maximum Gasteiger partial charge on any atom is 0.300 e. The minimum atomic E-state index is -0.833. The largest absolute Gasteiger partial charge is 0.481 e. The molecule has 0 unspecified atom stereocenters. The summed E-state index contributed by atoms with van der Waals surface area (Å²) < 4.78 is 0. The summed E-state index contributed by atoms with van der Waals surface area (Å²) >= 11 is 0. The molecule has 0 aliphatic rings. The summed E-state index contributed by atoms with van der Waals surface area (Å²) in [6.07, 6.45) is 0. The van der Waals surface area contributed by atoms with Gasteiger partial charge in [-0.15, -0.1) is 0 Å². The zero-order valence-corrected chi connectivity index (χ0v) is 27.9. The van der Waals surface area contributed by atoms with E-state index in [2.05, 4.69) is 44.2 Å². The van der Waals surface area contributed by atoms with Gasteiger partial charge >= 0.3 is 0 Å². The SMILES string of the molecule is C.CC(=O)O.CC(=O)O.CN.CN.CN.CN.CNC.CNC.CNC(C)=O.CNC(C)=O.N.N.[V].[V]. The van der Waals surface area contributed by atoms with Crippen molar-refractivity contribution >= 4 is 23.8 Å². The van der Waals surface area contributed by atoms with Gasteiger partial charge in [0.1, 0.15) is 0 Å². The summed E-state index contributed by atoms with van der Waals surface area (Å²) in [6, 6.07) is 0.